The SMILES string of the molecule is CC1NCCC1C(=O)Nc1c(F)cccc1F. The van der Waals surface area contributed by atoms with Gasteiger partial charge in [-0.2, -0.15) is 0 Å². The Labute approximate surface area is 98.2 Å². The lowest BCUT2D eigenvalue weighted by atomic mass is 10.0. The quantitative estimate of drug-likeness (QED) is 0.829. The summed E-state index contributed by atoms with van der Waals surface area (Å²) in [4.78, 5) is 11.8. The summed E-state index contributed by atoms with van der Waals surface area (Å²) in [5.74, 6) is -2.09. The Morgan fingerprint density at radius 1 is 1.41 bits per heavy atom. The summed E-state index contributed by atoms with van der Waals surface area (Å²) in [6.07, 6.45) is 0.684. The predicted octanol–water partition coefficient (Wildman–Crippen LogP) is 1.90. The molecule has 0 aliphatic carbocycles. The Hall–Kier alpha value is -1.49. The van der Waals surface area contributed by atoms with Crippen molar-refractivity contribution in [3.63, 3.8) is 0 Å². The predicted molar refractivity (Wildman–Crippen MR) is 60.6 cm³/mol. The van der Waals surface area contributed by atoms with Crippen LogP contribution >= 0.6 is 0 Å². The minimum Gasteiger partial charge on any atom is -0.321 e. The number of amides is 1. The van der Waals surface area contributed by atoms with Gasteiger partial charge in [0, 0.05) is 6.04 Å². The lowest BCUT2D eigenvalue weighted by molar-refractivity contribution is -0.120. The number of rotatable bonds is 2. The number of hydrogen-bond donors (Lipinski definition) is 2. The van der Waals surface area contributed by atoms with Crippen LogP contribution in [0.25, 0.3) is 0 Å². The zero-order chi connectivity index (χ0) is 12.4. The minimum atomic E-state index is -0.753. The fourth-order valence-corrected chi connectivity index (χ4v) is 2.05. The first-order valence-corrected chi connectivity index (χ1v) is 5.58. The van der Waals surface area contributed by atoms with E-state index >= 15 is 0 Å². The van der Waals surface area contributed by atoms with Gasteiger partial charge in [0.25, 0.3) is 0 Å². The molecular formula is C12H14F2N2O. The van der Waals surface area contributed by atoms with Crippen molar-refractivity contribution in [1.29, 1.82) is 0 Å². The van der Waals surface area contributed by atoms with Crippen molar-refractivity contribution >= 4 is 11.6 Å². The second-order valence-electron chi connectivity index (χ2n) is 4.22. The Morgan fingerprint density at radius 3 is 2.59 bits per heavy atom. The summed E-state index contributed by atoms with van der Waals surface area (Å²) in [7, 11) is 0. The topological polar surface area (TPSA) is 41.1 Å². The van der Waals surface area contributed by atoms with E-state index < -0.39 is 11.6 Å². The Morgan fingerprint density at radius 2 is 2.06 bits per heavy atom. The van der Waals surface area contributed by atoms with Crippen molar-refractivity contribution in [1.82, 2.24) is 5.32 Å². The zero-order valence-electron chi connectivity index (χ0n) is 9.47. The van der Waals surface area contributed by atoms with Gasteiger partial charge in [-0.25, -0.2) is 8.78 Å². The molecule has 2 unspecified atom stereocenters. The molecule has 1 aliphatic heterocycles. The first-order valence-electron chi connectivity index (χ1n) is 5.58. The number of hydrogen-bond acceptors (Lipinski definition) is 2. The molecule has 0 aromatic heterocycles. The summed E-state index contributed by atoms with van der Waals surface area (Å²) in [6.45, 7) is 2.63. The second kappa shape index (κ2) is 4.79. The van der Waals surface area contributed by atoms with Gasteiger partial charge in [-0.3, -0.25) is 4.79 Å². The first kappa shape index (κ1) is 12.0. The van der Waals surface area contributed by atoms with Crippen LogP contribution in [0.3, 0.4) is 0 Å². The van der Waals surface area contributed by atoms with Gasteiger partial charge in [0.15, 0.2) is 0 Å². The monoisotopic (exact) mass is 240 g/mol. The van der Waals surface area contributed by atoms with Crippen LogP contribution in [0.1, 0.15) is 13.3 Å². The van der Waals surface area contributed by atoms with E-state index in [0.717, 1.165) is 18.7 Å². The number of para-hydroxylation sites is 1. The Bertz CT molecular complexity index is 416. The lowest BCUT2D eigenvalue weighted by Gasteiger charge is -2.15. The molecule has 3 nitrogen and oxygen atoms in total. The van der Waals surface area contributed by atoms with Crippen molar-refractivity contribution < 1.29 is 13.6 Å². The first-order chi connectivity index (χ1) is 8.09. The molecule has 2 N–H and O–H groups in total. The maximum atomic E-state index is 13.3. The van der Waals surface area contributed by atoms with Gasteiger partial charge < -0.3 is 10.6 Å². The molecule has 1 aromatic carbocycles. The van der Waals surface area contributed by atoms with Gasteiger partial charge in [0.1, 0.15) is 17.3 Å². The third-order valence-electron chi connectivity index (χ3n) is 3.07. The molecule has 92 valence electrons. The standard InChI is InChI=1S/C12H14F2N2O/c1-7-8(5-6-15-7)12(17)16-11-9(13)3-2-4-10(11)14/h2-4,7-8,15H,5-6H2,1H3,(H,16,17). The number of benzene rings is 1. The molecule has 2 atom stereocenters. The van der Waals surface area contributed by atoms with Crippen LogP contribution < -0.4 is 10.6 Å². The van der Waals surface area contributed by atoms with E-state index in [1.54, 1.807) is 0 Å². The largest absolute Gasteiger partial charge is 0.321 e. The molecule has 1 heterocycles. The third-order valence-corrected chi connectivity index (χ3v) is 3.07. The third kappa shape index (κ3) is 2.44. The van der Waals surface area contributed by atoms with E-state index in [-0.39, 0.29) is 23.6 Å². The van der Waals surface area contributed by atoms with Crippen molar-refractivity contribution in [3.05, 3.63) is 29.8 Å². The van der Waals surface area contributed by atoms with Crippen LogP contribution in [0.2, 0.25) is 0 Å². The van der Waals surface area contributed by atoms with Gasteiger partial charge in [-0.1, -0.05) is 6.07 Å². The smallest absolute Gasteiger partial charge is 0.229 e. The number of halogens is 2. The number of carbonyl (C=O) groups is 1. The van der Waals surface area contributed by atoms with E-state index in [0.29, 0.717) is 6.42 Å². The minimum absolute atomic E-state index is 0.0323. The van der Waals surface area contributed by atoms with Crippen molar-refractivity contribution in [2.24, 2.45) is 5.92 Å². The van der Waals surface area contributed by atoms with Crippen LogP contribution in [0, 0.1) is 17.6 Å². The summed E-state index contributed by atoms with van der Waals surface area (Å²) in [5.41, 5.74) is -0.364. The number of anilines is 1. The molecule has 0 saturated carbocycles. The highest BCUT2D eigenvalue weighted by Gasteiger charge is 2.30. The van der Waals surface area contributed by atoms with E-state index in [2.05, 4.69) is 10.6 Å². The number of carbonyl (C=O) groups excluding carboxylic acids is 1. The van der Waals surface area contributed by atoms with E-state index in [4.69, 9.17) is 0 Å². The van der Waals surface area contributed by atoms with E-state index in [9.17, 15) is 13.6 Å². The molecule has 2 rings (SSSR count). The summed E-state index contributed by atoms with van der Waals surface area (Å²) >= 11 is 0. The summed E-state index contributed by atoms with van der Waals surface area (Å²) in [5, 5.41) is 5.44. The van der Waals surface area contributed by atoms with Crippen molar-refractivity contribution in [3.8, 4) is 0 Å². The molecule has 1 aliphatic rings. The van der Waals surface area contributed by atoms with Crippen molar-refractivity contribution in [2.45, 2.75) is 19.4 Å². The van der Waals surface area contributed by atoms with Gasteiger partial charge in [0.2, 0.25) is 5.91 Å². The fourth-order valence-electron chi connectivity index (χ4n) is 2.05. The van der Waals surface area contributed by atoms with Gasteiger partial charge >= 0.3 is 0 Å². The van der Waals surface area contributed by atoms with Crippen LogP contribution in [-0.4, -0.2) is 18.5 Å². The fraction of sp³-hybridized carbons (Fsp3) is 0.417. The molecule has 17 heavy (non-hydrogen) atoms. The Kier molecular flexibility index (Phi) is 3.38. The molecule has 1 saturated heterocycles. The molecule has 1 aromatic rings. The maximum absolute atomic E-state index is 13.3. The van der Waals surface area contributed by atoms with Crippen LogP contribution in [0.15, 0.2) is 18.2 Å². The number of nitrogens with one attached hydrogen (secondary N) is 2. The molecule has 1 amide bonds. The second-order valence-corrected chi connectivity index (χ2v) is 4.22. The lowest BCUT2D eigenvalue weighted by Crippen LogP contribution is -2.32. The van der Waals surface area contributed by atoms with Gasteiger partial charge in [0.05, 0.1) is 5.92 Å². The highest BCUT2D eigenvalue weighted by molar-refractivity contribution is 5.93. The van der Waals surface area contributed by atoms with E-state index in [1.807, 2.05) is 6.92 Å². The van der Waals surface area contributed by atoms with Crippen molar-refractivity contribution in [2.75, 3.05) is 11.9 Å². The average Bonchev–Trinajstić information content (AvgIpc) is 2.70. The highest BCUT2D eigenvalue weighted by Crippen LogP contribution is 2.22. The van der Waals surface area contributed by atoms with Crippen LogP contribution in [0.4, 0.5) is 14.5 Å². The molecule has 5 heteroatoms. The zero-order valence-corrected chi connectivity index (χ0v) is 9.47. The maximum Gasteiger partial charge on any atom is 0.229 e. The molecular weight excluding hydrogens is 226 g/mol. The Balaban J connectivity index is 2.13. The molecule has 1 fully saturated rings. The normalized spacial score (nSPS) is 23.7. The highest BCUT2D eigenvalue weighted by atomic mass is 19.1. The van der Waals surface area contributed by atoms with Gasteiger partial charge in [-0.15, -0.1) is 0 Å². The molecule has 0 spiro atoms. The average molecular weight is 240 g/mol. The van der Waals surface area contributed by atoms with E-state index in [1.165, 1.54) is 6.07 Å². The summed E-state index contributed by atoms with van der Waals surface area (Å²) in [6, 6.07) is 3.54. The van der Waals surface area contributed by atoms with Crippen LogP contribution in [-0.2, 0) is 4.79 Å². The molecule has 0 bridgehead atoms. The van der Waals surface area contributed by atoms with Gasteiger partial charge in [-0.05, 0) is 32.0 Å². The van der Waals surface area contributed by atoms with Crippen LogP contribution in [0.5, 0.6) is 0 Å². The summed E-state index contributed by atoms with van der Waals surface area (Å²) < 4.78 is 26.6. The molecule has 0 radical (unpaired) electrons.